The van der Waals surface area contributed by atoms with Gasteiger partial charge in [-0.05, 0) is 12.8 Å². The quantitative estimate of drug-likeness (QED) is 0.507. The lowest BCUT2D eigenvalue weighted by molar-refractivity contribution is -0.156. The molecule has 0 aromatic carbocycles. The number of esters is 1. The van der Waals surface area contributed by atoms with Crippen LogP contribution < -0.4 is 0 Å². The number of aliphatic hydroxyl groups excluding tert-OH is 1. The van der Waals surface area contributed by atoms with E-state index in [1.807, 2.05) is 13.8 Å². The molecule has 0 aromatic rings. The summed E-state index contributed by atoms with van der Waals surface area (Å²) in [4.78, 5) is 11.0. The second-order valence-electron chi connectivity index (χ2n) is 2.99. The SMILES string of the molecule is C=CC(=O)OC(CC)(CC)CCO. The van der Waals surface area contributed by atoms with E-state index in [1.54, 1.807) is 0 Å². The summed E-state index contributed by atoms with van der Waals surface area (Å²) in [5, 5.41) is 8.83. The third-order valence-electron chi connectivity index (χ3n) is 2.34. The van der Waals surface area contributed by atoms with Crippen molar-refractivity contribution in [2.45, 2.75) is 38.7 Å². The number of aliphatic hydroxyl groups is 1. The van der Waals surface area contributed by atoms with Gasteiger partial charge in [-0.2, -0.15) is 0 Å². The van der Waals surface area contributed by atoms with Crippen LogP contribution in [-0.2, 0) is 9.53 Å². The summed E-state index contributed by atoms with van der Waals surface area (Å²) >= 11 is 0. The molecule has 0 radical (unpaired) electrons. The zero-order valence-electron chi connectivity index (χ0n) is 8.38. The standard InChI is InChI=1S/C10H18O3/c1-4-9(12)13-10(5-2,6-3)7-8-11/h4,11H,1,5-8H2,2-3H3. The Balaban J connectivity index is 4.36. The molecule has 0 fully saturated rings. The minimum Gasteiger partial charge on any atom is -0.456 e. The van der Waals surface area contributed by atoms with Gasteiger partial charge in [-0.3, -0.25) is 0 Å². The molecule has 3 heteroatoms. The molecule has 0 aromatic heterocycles. The topological polar surface area (TPSA) is 46.5 Å². The molecular formula is C10H18O3. The second-order valence-corrected chi connectivity index (χ2v) is 2.99. The molecule has 1 N–H and O–H groups in total. The minimum atomic E-state index is -0.514. The molecule has 0 saturated heterocycles. The molecule has 13 heavy (non-hydrogen) atoms. The Morgan fingerprint density at radius 2 is 2.08 bits per heavy atom. The van der Waals surface area contributed by atoms with Gasteiger partial charge in [0, 0.05) is 19.1 Å². The highest BCUT2D eigenvalue weighted by Gasteiger charge is 2.28. The number of hydrogen-bond acceptors (Lipinski definition) is 3. The fourth-order valence-electron chi connectivity index (χ4n) is 1.26. The Morgan fingerprint density at radius 1 is 1.54 bits per heavy atom. The van der Waals surface area contributed by atoms with Crippen LogP contribution in [-0.4, -0.2) is 23.3 Å². The van der Waals surface area contributed by atoms with E-state index >= 15 is 0 Å². The fraction of sp³-hybridized carbons (Fsp3) is 0.700. The summed E-state index contributed by atoms with van der Waals surface area (Å²) in [5.41, 5.74) is -0.514. The van der Waals surface area contributed by atoms with Gasteiger partial charge in [0.1, 0.15) is 5.60 Å². The smallest absolute Gasteiger partial charge is 0.330 e. The maximum atomic E-state index is 11.0. The number of carbonyl (C=O) groups excluding carboxylic acids is 1. The lowest BCUT2D eigenvalue weighted by Crippen LogP contribution is -2.34. The van der Waals surface area contributed by atoms with E-state index < -0.39 is 11.6 Å². The molecule has 0 rings (SSSR count). The van der Waals surface area contributed by atoms with Gasteiger partial charge < -0.3 is 9.84 Å². The van der Waals surface area contributed by atoms with Crippen molar-refractivity contribution in [3.8, 4) is 0 Å². The highest BCUT2D eigenvalue weighted by molar-refractivity contribution is 5.81. The second kappa shape index (κ2) is 5.75. The fourth-order valence-corrected chi connectivity index (χ4v) is 1.26. The van der Waals surface area contributed by atoms with Crippen LogP contribution in [0.3, 0.4) is 0 Å². The summed E-state index contributed by atoms with van der Waals surface area (Å²) in [6.07, 6.45) is 3.06. The van der Waals surface area contributed by atoms with E-state index in [4.69, 9.17) is 9.84 Å². The highest BCUT2D eigenvalue weighted by atomic mass is 16.6. The van der Waals surface area contributed by atoms with E-state index in [1.165, 1.54) is 0 Å². The molecule has 0 amide bonds. The summed E-state index contributed by atoms with van der Waals surface area (Å²) < 4.78 is 5.21. The van der Waals surface area contributed by atoms with E-state index in [0.717, 1.165) is 6.08 Å². The summed E-state index contributed by atoms with van der Waals surface area (Å²) in [7, 11) is 0. The van der Waals surface area contributed by atoms with Crippen LogP contribution in [0.15, 0.2) is 12.7 Å². The largest absolute Gasteiger partial charge is 0.456 e. The first-order chi connectivity index (χ1) is 6.14. The molecule has 0 bridgehead atoms. The molecule has 0 spiro atoms. The number of carbonyl (C=O) groups is 1. The third kappa shape index (κ3) is 3.59. The zero-order valence-corrected chi connectivity index (χ0v) is 8.38. The maximum Gasteiger partial charge on any atom is 0.330 e. The first-order valence-electron chi connectivity index (χ1n) is 4.60. The van der Waals surface area contributed by atoms with Crippen molar-refractivity contribution >= 4 is 5.97 Å². The van der Waals surface area contributed by atoms with Crippen molar-refractivity contribution in [1.82, 2.24) is 0 Å². The summed E-state index contributed by atoms with van der Waals surface area (Å²) in [6, 6.07) is 0. The Labute approximate surface area is 79.4 Å². The predicted molar refractivity (Wildman–Crippen MR) is 51.3 cm³/mol. The van der Waals surface area contributed by atoms with Gasteiger partial charge in [0.05, 0.1) is 0 Å². The molecule has 76 valence electrons. The van der Waals surface area contributed by atoms with Crippen molar-refractivity contribution in [3.05, 3.63) is 12.7 Å². The average Bonchev–Trinajstić information content (AvgIpc) is 2.17. The van der Waals surface area contributed by atoms with Crippen LogP contribution in [0.25, 0.3) is 0 Å². The minimum absolute atomic E-state index is 0.0338. The Hall–Kier alpha value is -0.830. The average molecular weight is 186 g/mol. The van der Waals surface area contributed by atoms with Gasteiger partial charge in [0.2, 0.25) is 0 Å². The monoisotopic (exact) mass is 186 g/mol. The molecule has 0 aliphatic rings. The predicted octanol–water partition coefficient (Wildman–Crippen LogP) is 1.66. The number of ether oxygens (including phenoxy) is 1. The van der Waals surface area contributed by atoms with Crippen LogP contribution in [0, 0.1) is 0 Å². The Kier molecular flexibility index (Phi) is 5.39. The first-order valence-corrected chi connectivity index (χ1v) is 4.60. The van der Waals surface area contributed by atoms with E-state index in [0.29, 0.717) is 19.3 Å². The molecule has 0 unspecified atom stereocenters. The van der Waals surface area contributed by atoms with Crippen LogP contribution >= 0.6 is 0 Å². The molecule has 0 aliphatic carbocycles. The van der Waals surface area contributed by atoms with Gasteiger partial charge >= 0.3 is 5.97 Å². The Bertz CT molecular complexity index is 171. The van der Waals surface area contributed by atoms with Crippen molar-refractivity contribution < 1.29 is 14.6 Å². The van der Waals surface area contributed by atoms with Gasteiger partial charge in [0.15, 0.2) is 0 Å². The summed E-state index contributed by atoms with van der Waals surface area (Å²) in [6.45, 7) is 7.25. The van der Waals surface area contributed by atoms with Gasteiger partial charge in [-0.15, -0.1) is 0 Å². The van der Waals surface area contributed by atoms with Crippen molar-refractivity contribution in [3.63, 3.8) is 0 Å². The lowest BCUT2D eigenvalue weighted by atomic mass is 9.93. The molecule has 0 heterocycles. The van der Waals surface area contributed by atoms with Crippen molar-refractivity contribution in [2.24, 2.45) is 0 Å². The third-order valence-corrected chi connectivity index (χ3v) is 2.34. The molecule has 3 nitrogen and oxygen atoms in total. The van der Waals surface area contributed by atoms with Gasteiger partial charge in [0.25, 0.3) is 0 Å². The van der Waals surface area contributed by atoms with Crippen LogP contribution in [0.4, 0.5) is 0 Å². The first kappa shape index (κ1) is 12.2. The molecule has 0 saturated carbocycles. The van der Waals surface area contributed by atoms with Crippen molar-refractivity contribution in [1.29, 1.82) is 0 Å². The lowest BCUT2D eigenvalue weighted by Gasteiger charge is -2.30. The van der Waals surface area contributed by atoms with Crippen molar-refractivity contribution in [2.75, 3.05) is 6.61 Å². The van der Waals surface area contributed by atoms with Crippen LogP contribution in [0.5, 0.6) is 0 Å². The summed E-state index contributed by atoms with van der Waals surface area (Å²) in [5.74, 6) is -0.419. The molecule has 0 aliphatic heterocycles. The van der Waals surface area contributed by atoms with E-state index in [-0.39, 0.29) is 6.61 Å². The number of rotatable bonds is 6. The van der Waals surface area contributed by atoms with E-state index in [2.05, 4.69) is 6.58 Å². The van der Waals surface area contributed by atoms with Crippen LogP contribution in [0.2, 0.25) is 0 Å². The molecular weight excluding hydrogens is 168 g/mol. The molecule has 0 atom stereocenters. The van der Waals surface area contributed by atoms with Gasteiger partial charge in [-0.1, -0.05) is 20.4 Å². The highest BCUT2D eigenvalue weighted by Crippen LogP contribution is 2.24. The zero-order chi connectivity index (χ0) is 10.3. The maximum absolute atomic E-state index is 11.0. The van der Waals surface area contributed by atoms with Crippen LogP contribution in [0.1, 0.15) is 33.1 Å². The number of hydrogen-bond donors (Lipinski definition) is 1. The van der Waals surface area contributed by atoms with E-state index in [9.17, 15) is 4.79 Å². The van der Waals surface area contributed by atoms with Gasteiger partial charge in [-0.25, -0.2) is 4.79 Å². The Morgan fingerprint density at radius 3 is 2.38 bits per heavy atom. The normalized spacial score (nSPS) is 11.0.